The van der Waals surface area contributed by atoms with Gasteiger partial charge in [0.05, 0.1) is 11.0 Å². The minimum absolute atomic E-state index is 0.0925. The van der Waals surface area contributed by atoms with E-state index in [2.05, 4.69) is 20.9 Å². The molecule has 2 aromatic rings. The molecule has 0 radical (unpaired) electrons. The third-order valence-electron chi connectivity index (χ3n) is 2.05. The molecule has 0 aliphatic rings. The van der Waals surface area contributed by atoms with E-state index in [0.717, 1.165) is 15.5 Å². The predicted octanol–water partition coefficient (Wildman–Crippen LogP) is 1.95. The number of carbonyl (C=O) groups is 1. The second-order valence-corrected chi connectivity index (χ2v) is 4.45. The van der Waals surface area contributed by atoms with E-state index < -0.39 is 5.91 Å². The van der Waals surface area contributed by atoms with Gasteiger partial charge >= 0.3 is 0 Å². The van der Waals surface area contributed by atoms with Gasteiger partial charge < -0.3 is 15.3 Å². The molecule has 6 heteroatoms. The van der Waals surface area contributed by atoms with Crippen LogP contribution in [0.25, 0.3) is 11.0 Å². The fraction of sp³-hybridized carbons (Fsp3) is 0.111. The summed E-state index contributed by atoms with van der Waals surface area (Å²) in [5.74, 6) is -0.410. The summed E-state index contributed by atoms with van der Waals surface area (Å²) in [7, 11) is 0. The smallest absolute Gasteiger partial charge is 0.237 e. The second-order valence-electron chi connectivity index (χ2n) is 3.14. The molecular formula is C9H8BrN3OS. The van der Waals surface area contributed by atoms with Crippen molar-refractivity contribution in [1.29, 1.82) is 0 Å². The van der Waals surface area contributed by atoms with Crippen molar-refractivity contribution in [1.82, 2.24) is 9.55 Å². The number of aromatic amines is 1. The number of amides is 1. The molecule has 15 heavy (non-hydrogen) atoms. The van der Waals surface area contributed by atoms with E-state index >= 15 is 0 Å². The number of carbonyl (C=O) groups excluding carboxylic acids is 1. The molecule has 1 amide bonds. The highest BCUT2D eigenvalue weighted by Crippen LogP contribution is 2.19. The SMILES string of the molecule is NC(=O)Cn1c(=S)[nH]c2ccc(Br)cc21. The van der Waals surface area contributed by atoms with Gasteiger partial charge in [0.1, 0.15) is 6.54 Å². The number of fused-ring (bicyclic) bond motifs is 1. The summed E-state index contributed by atoms with van der Waals surface area (Å²) < 4.78 is 3.11. The summed E-state index contributed by atoms with van der Waals surface area (Å²) in [5.41, 5.74) is 6.91. The lowest BCUT2D eigenvalue weighted by Gasteiger charge is -2.00. The van der Waals surface area contributed by atoms with Gasteiger partial charge in [-0.1, -0.05) is 15.9 Å². The highest BCUT2D eigenvalue weighted by molar-refractivity contribution is 9.10. The Morgan fingerprint density at radius 1 is 1.60 bits per heavy atom. The first-order valence-electron chi connectivity index (χ1n) is 4.24. The fourth-order valence-corrected chi connectivity index (χ4v) is 2.06. The first-order chi connectivity index (χ1) is 7.08. The van der Waals surface area contributed by atoms with Crippen molar-refractivity contribution in [3.8, 4) is 0 Å². The maximum Gasteiger partial charge on any atom is 0.237 e. The van der Waals surface area contributed by atoms with Gasteiger partial charge in [-0.2, -0.15) is 0 Å². The maximum atomic E-state index is 10.9. The monoisotopic (exact) mass is 285 g/mol. The molecule has 1 heterocycles. The standard InChI is InChI=1S/C9H8BrN3OS/c10-5-1-2-6-7(3-5)13(4-8(11)14)9(15)12-6/h1-3H,4H2,(H2,11,14)(H,12,15). The van der Waals surface area contributed by atoms with Gasteiger partial charge in [0.25, 0.3) is 0 Å². The van der Waals surface area contributed by atoms with E-state index in [1.54, 1.807) is 4.57 Å². The predicted molar refractivity (Wildman–Crippen MR) is 64.0 cm³/mol. The molecule has 1 aromatic heterocycles. The number of nitrogens with one attached hydrogen (secondary N) is 1. The van der Waals surface area contributed by atoms with Gasteiger partial charge in [0.2, 0.25) is 5.91 Å². The minimum Gasteiger partial charge on any atom is -0.368 e. The second kappa shape index (κ2) is 3.79. The van der Waals surface area contributed by atoms with Crippen molar-refractivity contribution in [2.45, 2.75) is 6.54 Å². The zero-order chi connectivity index (χ0) is 11.0. The van der Waals surface area contributed by atoms with Gasteiger partial charge in [-0.25, -0.2) is 0 Å². The van der Waals surface area contributed by atoms with Gasteiger partial charge in [-0.05, 0) is 30.4 Å². The van der Waals surface area contributed by atoms with Crippen molar-refractivity contribution < 1.29 is 4.79 Å². The Labute approximate surface area is 99.2 Å². The highest BCUT2D eigenvalue weighted by Gasteiger charge is 2.06. The van der Waals surface area contributed by atoms with Crippen LogP contribution >= 0.6 is 28.1 Å². The van der Waals surface area contributed by atoms with Crippen LogP contribution in [0.3, 0.4) is 0 Å². The van der Waals surface area contributed by atoms with Crippen molar-refractivity contribution in [2.24, 2.45) is 5.73 Å². The number of imidazole rings is 1. The number of primary amides is 1. The number of halogens is 1. The van der Waals surface area contributed by atoms with Crippen LogP contribution in [-0.2, 0) is 11.3 Å². The van der Waals surface area contributed by atoms with Gasteiger partial charge in [-0.3, -0.25) is 4.79 Å². The number of hydrogen-bond acceptors (Lipinski definition) is 2. The van der Waals surface area contributed by atoms with E-state index in [-0.39, 0.29) is 6.54 Å². The van der Waals surface area contributed by atoms with Gasteiger partial charge in [0.15, 0.2) is 4.77 Å². The number of rotatable bonds is 2. The largest absolute Gasteiger partial charge is 0.368 e. The molecular weight excluding hydrogens is 278 g/mol. The summed E-state index contributed by atoms with van der Waals surface area (Å²) >= 11 is 8.46. The lowest BCUT2D eigenvalue weighted by atomic mass is 10.3. The minimum atomic E-state index is -0.410. The van der Waals surface area contributed by atoms with Gasteiger partial charge in [-0.15, -0.1) is 0 Å². The molecule has 0 unspecified atom stereocenters. The first kappa shape index (κ1) is 10.4. The molecule has 4 nitrogen and oxygen atoms in total. The Hall–Kier alpha value is -1.14. The Kier molecular flexibility index (Phi) is 2.62. The molecule has 1 aromatic carbocycles. The molecule has 0 bridgehead atoms. The number of nitrogens with zero attached hydrogens (tertiary/aromatic N) is 1. The molecule has 0 fully saturated rings. The van der Waals surface area contributed by atoms with Crippen LogP contribution in [0.2, 0.25) is 0 Å². The van der Waals surface area contributed by atoms with Crippen LogP contribution in [0, 0.1) is 4.77 Å². The van der Waals surface area contributed by atoms with Crippen LogP contribution in [0.4, 0.5) is 0 Å². The number of hydrogen-bond donors (Lipinski definition) is 2. The Morgan fingerprint density at radius 2 is 2.33 bits per heavy atom. The van der Waals surface area contributed by atoms with Crippen LogP contribution < -0.4 is 5.73 Å². The topological polar surface area (TPSA) is 63.8 Å². The van der Waals surface area contributed by atoms with E-state index in [1.807, 2.05) is 18.2 Å². The Morgan fingerprint density at radius 3 is 3.00 bits per heavy atom. The summed E-state index contributed by atoms with van der Waals surface area (Å²) in [6.07, 6.45) is 0. The van der Waals surface area contributed by atoms with Crippen LogP contribution in [0.5, 0.6) is 0 Å². The molecule has 78 valence electrons. The first-order valence-corrected chi connectivity index (χ1v) is 5.44. The highest BCUT2D eigenvalue weighted by atomic mass is 79.9. The maximum absolute atomic E-state index is 10.9. The molecule has 0 aliphatic carbocycles. The third-order valence-corrected chi connectivity index (χ3v) is 2.87. The number of aromatic nitrogens is 2. The lowest BCUT2D eigenvalue weighted by molar-refractivity contribution is -0.118. The Bertz CT molecular complexity index is 587. The van der Waals surface area contributed by atoms with Crippen LogP contribution in [-0.4, -0.2) is 15.5 Å². The fourth-order valence-electron chi connectivity index (χ4n) is 1.44. The summed E-state index contributed by atoms with van der Waals surface area (Å²) in [6.45, 7) is 0.0925. The lowest BCUT2D eigenvalue weighted by Crippen LogP contribution is -2.18. The summed E-state index contributed by atoms with van der Waals surface area (Å²) in [5, 5.41) is 0. The molecule has 0 aliphatic heterocycles. The van der Waals surface area contributed by atoms with E-state index in [9.17, 15) is 4.79 Å². The van der Waals surface area contributed by atoms with Crippen molar-refractivity contribution in [3.63, 3.8) is 0 Å². The van der Waals surface area contributed by atoms with Crippen LogP contribution in [0.1, 0.15) is 0 Å². The summed E-state index contributed by atoms with van der Waals surface area (Å²) in [6, 6.07) is 5.69. The molecule has 0 saturated carbocycles. The normalized spacial score (nSPS) is 10.7. The molecule has 0 saturated heterocycles. The quantitative estimate of drug-likeness (QED) is 0.829. The van der Waals surface area contributed by atoms with Gasteiger partial charge in [0, 0.05) is 4.47 Å². The van der Waals surface area contributed by atoms with Crippen molar-refractivity contribution >= 4 is 45.1 Å². The van der Waals surface area contributed by atoms with Crippen LogP contribution in [0.15, 0.2) is 22.7 Å². The third kappa shape index (κ3) is 1.95. The average molecular weight is 286 g/mol. The summed E-state index contributed by atoms with van der Waals surface area (Å²) in [4.78, 5) is 13.9. The van der Waals surface area contributed by atoms with Crippen molar-refractivity contribution in [3.05, 3.63) is 27.4 Å². The average Bonchev–Trinajstić information content (AvgIpc) is 2.43. The molecule has 0 spiro atoms. The number of benzene rings is 1. The number of nitrogens with two attached hydrogens (primary N) is 1. The number of H-pyrrole nitrogens is 1. The van der Waals surface area contributed by atoms with Crippen molar-refractivity contribution in [2.75, 3.05) is 0 Å². The molecule has 2 rings (SSSR count). The Balaban J connectivity index is 2.70. The van der Waals surface area contributed by atoms with E-state index in [1.165, 1.54) is 0 Å². The van der Waals surface area contributed by atoms with E-state index in [4.69, 9.17) is 18.0 Å². The zero-order valence-electron chi connectivity index (χ0n) is 7.66. The zero-order valence-corrected chi connectivity index (χ0v) is 10.1. The molecule has 0 atom stereocenters. The van der Waals surface area contributed by atoms with E-state index in [0.29, 0.717) is 4.77 Å². The molecule has 3 N–H and O–H groups in total.